The lowest BCUT2D eigenvalue weighted by molar-refractivity contribution is -0.159. The number of ether oxygens (including phenoxy) is 2. The van der Waals surface area contributed by atoms with Crippen LogP contribution in [0.4, 0.5) is 0 Å². The first-order valence-electron chi connectivity index (χ1n) is 26.8. The summed E-state index contributed by atoms with van der Waals surface area (Å²) in [7, 11) is 0. The van der Waals surface area contributed by atoms with Crippen LogP contribution < -0.4 is 10.6 Å². The molecule has 10 rings (SSSR count). The fraction of sp³-hybridized carbons (Fsp3) is 0.261. The summed E-state index contributed by atoms with van der Waals surface area (Å²) in [6, 6.07) is 72.1. The van der Waals surface area contributed by atoms with E-state index in [-0.39, 0.29) is 18.6 Å². The summed E-state index contributed by atoms with van der Waals surface area (Å²) in [5, 5.41) is 8.00. The minimum absolute atomic E-state index is 0.0552. The van der Waals surface area contributed by atoms with Crippen LogP contribution in [0.15, 0.2) is 218 Å². The zero-order valence-electron chi connectivity index (χ0n) is 44.5. The summed E-state index contributed by atoms with van der Waals surface area (Å²) in [6.07, 6.45) is 0.894. The minimum Gasteiger partial charge on any atom is -0.459 e. The topological polar surface area (TPSA) is 93.7 Å². The molecule has 76 heavy (non-hydrogen) atoms. The maximum atomic E-state index is 16.5. The van der Waals surface area contributed by atoms with Gasteiger partial charge in [0.25, 0.3) is 0 Å². The van der Waals surface area contributed by atoms with Gasteiger partial charge < -0.3 is 9.47 Å². The van der Waals surface area contributed by atoms with Gasteiger partial charge in [0, 0.05) is 11.8 Å². The second kappa shape index (κ2) is 21.5. The van der Waals surface area contributed by atoms with Crippen LogP contribution in [0.2, 0.25) is 0 Å². The summed E-state index contributed by atoms with van der Waals surface area (Å²) in [6.45, 7) is 11.3. The van der Waals surface area contributed by atoms with Crippen molar-refractivity contribution in [2.75, 3.05) is 0 Å². The van der Waals surface area contributed by atoms with Gasteiger partial charge in [-0.05, 0) is 134 Å². The van der Waals surface area contributed by atoms with Crippen LogP contribution in [0.3, 0.4) is 0 Å². The highest BCUT2D eigenvalue weighted by molar-refractivity contribution is 5.89. The Bertz CT molecular complexity index is 3010. The van der Waals surface area contributed by atoms with E-state index in [4.69, 9.17) is 9.47 Å². The predicted molar refractivity (Wildman–Crippen MR) is 303 cm³/mol. The van der Waals surface area contributed by atoms with Crippen LogP contribution in [-0.4, -0.2) is 41.0 Å². The Labute approximate surface area is 448 Å². The number of fused-ring (bicyclic) bond motifs is 6. The van der Waals surface area contributed by atoms with Crippen molar-refractivity contribution < 1.29 is 23.9 Å². The Kier molecular flexibility index (Phi) is 14.6. The van der Waals surface area contributed by atoms with Crippen molar-refractivity contribution in [2.45, 2.75) is 102 Å². The molecule has 0 spiro atoms. The molecule has 8 aromatic carbocycles. The molecule has 2 N–H and O–H groups in total. The lowest BCUT2D eigenvalue weighted by atomic mass is 9.76. The van der Waals surface area contributed by atoms with Crippen molar-refractivity contribution in [3.05, 3.63) is 263 Å². The van der Waals surface area contributed by atoms with E-state index in [1.807, 2.05) is 163 Å². The third-order valence-corrected chi connectivity index (χ3v) is 15.0. The molecule has 7 heteroatoms. The normalized spacial score (nSPS) is 15.4. The highest BCUT2D eigenvalue weighted by atomic mass is 16.6. The smallest absolute Gasteiger partial charge is 0.323 e. The van der Waals surface area contributed by atoms with Gasteiger partial charge in [-0.25, -0.2) is 0 Å². The lowest BCUT2D eigenvalue weighted by Crippen LogP contribution is -2.55. The van der Waals surface area contributed by atoms with E-state index in [1.54, 1.807) is 0 Å². The van der Waals surface area contributed by atoms with Crippen LogP contribution in [0, 0.1) is 11.8 Å². The quantitative estimate of drug-likeness (QED) is 0.0827. The number of hydrogen-bond acceptors (Lipinski definition) is 7. The molecule has 0 saturated carbocycles. The van der Waals surface area contributed by atoms with Gasteiger partial charge >= 0.3 is 11.9 Å². The second-order valence-corrected chi connectivity index (χ2v) is 22.5. The monoisotopic (exact) mass is 1000 g/mol. The average Bonchev–Trinajstić information content (AvgIpc) is 3.95. The SMILES string of the molecule is CC(C)(C)OC(=O)[C@H](C[C@@H](Cc1ccccc1)C(=O)[C@@H](Cc1ccccc1)C[C@H](NC1(c2ccccc2)c2ccccc2-c2ccccc21)C(=O)OC(C)(C)C)NC1(c2ccccc2)c2ccccc2-c2ccccc21. The fourth-order valence-corrected chi connectivity index (χ4v) is 11.9. The molecule has 0 amide bonds. The van der Waals surface area contributed by atoms with E-state index < -0.39 is 58.1 Å². The van der Waals surface area contributed by atoms with Crippen molar-refractivity contribution in [3.63, 3.8) is 0 Å². The molecular formula is C69H68N2O5. The lowest BCUT2D eigenvalue weighted by Gasteiger charge is -2.39. The molecule has 4 atom stereocenters. The molecule has 0 fully saturated rings. The number of hydrogen-bond donors (Lipinski definition) is 2. The van der Waals surface area contributed by atoms with Crippen molar-refractivity contribution in [1.29, 1.82) is 0 Å². The zero-order valence-corrected chi connectivity index (χ0v) is 44.5. The van der Waals surface area contributed by atoms with Gasteiger partial charge in [0.2, 0.25) is 0 Å². The van der Waals surface area contributed by atoms with Crippen LogP contribution in [-0.2, 0) is 47.8 Å². The Morgan fingerprint density at radius 1 is 0.382 bits per heavy atom. The van der Waals surface area contributed by atoms with Gasteiger partial charge in [0.1, 0.15) is 29.1 Å². The standard InChI is InChI=1S/C69H68N2O5/c1-66(2,3)75-64(73)61(70-68(51-31-15-9-16-32-51)57-39-23-19-35-53(57)54-36-20-24-40-58(54)68)45-49(43-47-27-11-7-12-28-47)63(72)50(44-48-29-13-8-14-30-48)46-62(65(74)76-67(4,5)6)71-69(52-33-17-10-18-34-52)59-41-25-21-37-55(59)56-38-22-26-42-60(56)69/h7-42,49-50,61-62,70-71H,43-46H2,1-6H3/t49-,50+,61-,62-/m0/s1. The number of carbonyl (C=O) groups is 3. The van der Waals surface area contributed by atoms with Crippen molar-refractivity contribution in [2.24, 2.45) is 11.8 Å². The Morgan fingerprint density at radius 2 is 0.645 bits per heavy atom. The Balaban J connectivity index is 1.12. The van der Waals surface area contributed by atoms with Crippen molar-refractivity contribution in [3.8, 4) is 22.3 Å². The molecule has 0 aromatic heterocycles. The molecule has 0 aliphatic heterocycles. The van der Waals surface area contributed by atoms with E-state index in [0.29, 0.717) is 12.8 Å². The van der Waals surface area contributed by atoms with Gasteiger partial charge in [-0.3, -0.25) is 25.0 Å². The van der Waals surface area contributed by atoms with Gasteiger partial charge in [-0.2, -0.15) is 0 Å². The molecule has 2 aliphatic rings. The summed E-state index contributed by atoms with van der Waals surface area (Å²) < 4.78 is 12.8. The number of esters is 2. The minimum atomic E-state index is -0.995. The number of ketones is 1. The first kappa shape index (κ1) is 51.8. The Morgan fingerprint density at radius 3 is 0.934 bits per heavy atom. The predicted octanol–water partition coefficient (Wildman–Crippen LogP) is 13.6. The molecule has 384 valence electrons. The highest BCUT2D eigenvalue weighted by Crippen LogP contribution is 2.53. The molecule has 8 aromatic rings. The van der Waals surface area contributed by atoms with Crippen molar-refractivity contribution >= 4 is 17.7 Å². The number of benzene rings is 8. The van der Waals surface area contributed by atoms with E-state index in [9.17, 15) is 0 Å². The molecule has 0 saturated heterocycles. The first-order chi connectivity index (χ1) is 36.6. The maximum Gasteiger partial charge on any atom is 0.323 e. The highest BCUT2D eigenvalue weighted by Gasteiger charge is 2.50. The summed E-state index contributed by atoms with van der Waals surface area (Å²) in [5.41, 5.74) is 8.49. The molecule has 0 bridgehead atoms. The molecule has 2 aliphatic carbocycles. The molecule has 0 radical (unpaired) electrons. The number of Topliss-reactive ketones (excluding diaryl/α,β-unsaturated/α-hetero) is 1. The zero-order chi connectivity index (χ0) is 53.1. The summed E-state index contributed by atoms with van der Waals surface area (Å²) in [4.78, 5) is 47.2. The van der Waals surface area contributed by atoms with Gasteiger partial charge in [0.15, 0.2) is 0 Å². The van der Waals surface area contributed by atoms with E-state index in [1.165, 1.54) is 0 Å². The molecule has 7 nitrogen and oxygen atoms in total. The fourth-order valence-electron chi connectivity index (χ4n) is 11.9. The van der Waals surface area contributed by atoms with Crippen LogP contribution >= 0.6 is 0 Å². The van der Waals surface area contributed by atoms with Crippen LogP contribution in [0.1, 0.15) is 98.9 Å². The van der Waals surface area contributed by atoms with E-state index in [0.717, 1.165) is 66.8 Å². The van der Waals surface area contributed by atoms with Crippen molar-refractivity contribution in [1.82, 2.24) is 10.6 Å². The van der Waals surface area contributed by atoms with Gasteiger partial charge in [-0.15, -0.1) is 0 Å². The first-order valence-corrected chi connectivity index (χ1v) is 26.8. The van der Waals surface area contributed by atoms with Crippen LogP contribution in [0.25, 0.3) is 22.3 Å². The van der Waals surface area contributed by atoms with Gasteiger partial charge in [-0.1, -0.05) is 218 Å². The maximum absolute atomic E-state index is 16.5. The molecule has 0 unspecified atom stereocenters. The average molecular weight is 1010 g/mol. The van der Waals surface area contributed by atoms with E-state index in [2.05, 4.69) is 108 Å². The summed E-state index contributed by atoms with van der Waals surface area (Å²) in [5.74, 6) is -2.41. The molecule has 0 heterocycles. The van der Waals surface area contributed by atoms with Gasteiger partial charge in [0.05, 0.1) is 11.1 Å². The number of rotatable bonds is 18. The van der Waals surface area contributed by atoms with Crippen LogP contribution in [0.5, 0.6) is 0 Å². The second-order valence-electron chi connectivity index (χ2n) is 22.5. The van der Waals surface area contributed by atoms with E-state index >= 15 is 14.4 Å². The largest absolute Gasteiger partial charge is 0.459 e. The Hall–Kier alpha value is -7.71. The number of nitrogens with one attached hydrogen (secondary N) is 2. The summed E-state index contributed by atoms with van der Waals surface area (Å²) >= 11 is 0. The number of carbonyl (C=O) groups excluding carboxylic acids is 3. The molecular weight excluding hydrogens is 937 g/mol. The third-order valence-electron chi connectivity index (χ3n) is 15.0. The third kappa shape index (κ3) is 10.5.